The molecule has 5 nitrogen and oxygen atoms in total. The standard InChI is InChI=1S/C26H33BrFNO4/c1-13(2)32-25(30)24(33-26(6,7)8)20-15(4)29-16(5)22(27)21(20)18-12-19(28)23-17(14(18)3)10-9-11-31-23/h12-13,24H,9-11H2,1-8H3. The van der Waals surface area contributed by atoms with Crippen molar-refractivity contribution in [1.29, 1.82) is 0 Å². The van der Waals surface area contributed by atoms with Crippen LogP contribution in [0.25, 0.3) is 11.1 Å². The molecule has 1 unspecified atom stereocenters. The molecule has 1 atom stereocenters. The van der Waals surface area contributed by atoms with Crippen LogP contribution in [0.15, 0.2) is 10.5 Å². The van der Waals surface area contributed by atoms with Gasteiger partial charge in [0.15, 0.2) is 17.7 Å². The summed E-state index contributed by atoms with van der Waals surface area (Å²) in [6.07, 6.45) is 0.227. The van der Waals surface area contributed by atoms with Crippen molar-refractivity contribution in [3.05, 3.63) is 44.4 Å². The molecule has 3 rings (SSSR count). The number of aromatic nitrogens is 1. The summed E-state index contributed by atoms with van der Waals surface area (Å²) in [6.45, 7) is 15.4. The first-order valence-corrected chi connectivity index (χ1v) is 12.1. The average molecular weight is 522 g/mol. The van der Waals surface area contributed by atoms with Gasteiger partial charge in [-0.3, -0.25) is 4.98 Å². The summed E-state index contributed by atoms with van der Waals surface area (Å²) in [6, 6.07) is 1.49. The number of hydrogen-bond acceptors (Lipinski definition) is 5. The monoisotopic (exact) mass is 521 g/mol. The molecule has 2 aromatic rings. The summed E-state index contributed by atoms with van der Waals surface area (Å²) < 4.78 is 33.3. The lowest BCUT2D eigenvalue weighted by atomic mass is 9.87. The van der Waals surface area contributed by atoms with Gasteiger partial charge in [0.25, 0.3) is 0 Å². The van der Waals surface area contributed by atoms with Gasteiger partial charge >= 0.3 is 5.97 Å². The van der Waals surface area contributed by atoms with Gasteiger partial charge < -0.3 is 14.2 Å². The second-order valence-corrected chi connectivity index (χ2v) is 10.6. The highest BCUT2D eigenvalue weighted by molar-refractivity contribution is 9.10. The van der Waals surface area contributed by atoms with Crippen LogP contribution in [0.3, 0.4) is 0 Å². The van der Waals surface area contributed by atoms with E-state index >= 15 is 4.39 Å². The maximum Gasteiger partial charge on any atom is 0.340 e. The Balaban J connectivity index is 2.34. The number of nitrogens with zero attached hydrogens (tertiary/aromatic N) is 1. The summed E-state index contributed by atoms with van der Waals surface area (Å²) in [7, 11) is 0. The number of pyridine rings is 1. The van der Waals surface area contributed by atoms with Crippen LogP contribution in [0.1, 0.15) is 75.2 Å². The van der Waals surface area contributed by atoms with Gasteiger partial charge in [0.1, 0.15) is 0 Å². The number of benzene rings is 1. The molecule has 33 heavy (non-hydrogen) atoms. The molecule has 180 valence electrons. The van der Waals surface area contributed by atoms with Crippen LogP contribution >= 0.6 is 15.9 Å². The number of fused-ring (bicyclic) bond motifs is 1. The molecule has 0 saturated carbocycles. The lowest BCUT2D eigenvalue weighted by Gasteiger charge is -2.30. The predicted octanol–water partition coefficient (Wildman–Crippen LogP) is 6.71. The third-order valence-corrected chi connectivity index (χ3v) is 6.51. The van der Waals surface area contributed by atoms with Crippen molar-refractivity contribution in [2.75, 3.05) is 6.61 Å². The number of rotatable bonds is 5. The SMILES string of the molecule is Cc1nc(C)c(C(OC(C)(C)C)C(=O)OC(C)C)c(-c2cc(F)c3c(c2C)CCCO3)c1Br. The fourth-order valence-corrected chi connectivity index (χ4v) is 4.73. The molecule has 7 heteroatoms. The molecular weight excluding hydrogens is 489 g/mol. The number of hydrogen-bond donors (Lipinski definition) is 0. The molecule has 1 aromatic carbocycles. The van der Waals surface area contributed by atoms with Crippen LogP contribution < -0.4 is 4.74 Å². The predicted molar refractivity (Wildman–Crippen MR) is 130 cm³/mol. The quantitative estimate of drug-likeness (QED) is 0.409. The first-order chi connectivity index (χ1) is 15.3. The molecule has 0 saturated heterocycles. The van der Waals surface area contributed by atoms with E-state index < -0.39 is 23.5 Å². The molecule has 0 amide bonds. The van der Waals surface area contributed by atoms with Crippen molar-refractivity contribution < 1.29 is 23.4 Å². The van der Waals surface area contributed by atoms with E-state index in [1.807, 2.05) is 41.5 Å². The Hall–Kier alpha value is -1.99. The molecule has 0 radical (unpaired) electrons. The summed E-state index contributed by atoms with van der Waals surface area (Å²) in [5.74, 6) is -0.584. The Morgan fingerprint density at radius 3 is 2.48 bits per heavy atom. The van der Waals surface area contributed by atoms with Gasteiger partial charge in [-0.2, -0.15) is 0 Å². The number of carbonyl (C=O) groups is 1. The Morgan fingerprint density at radius 2 is 1.88 bits per heavy atom. The molecule has 0 N–H and O–H groups in total. The van der Waals surface area contributed by atoms with Crippen LogP contribution in [0, 0.1) is 26.6 Å². The summed E-state index contributed by atoms with van der Waals surface area (Å²) >= 11 is 3.68. The van der Waals surface area contributed by atoms with E-state index in [9.17, 15) is 4.79 Å². The molecule has 0 spiro atoms. The summed E-state index contributed by atoms with van der Waals surface area (Å²) in [4.78, 5) is 17.9. The zero-order chi connectivity index (χ0) is 24.7. The molecule has 1 aliphatic rings. The molecule has 1 aliphatic heterocycles. The van der Waals surface area contributed by atoms with Crippen molar-refractivity contribution in [1.82, 2.24) is 4.98 Å². The Kier molecular flexibility index (Phi) is 7.54. The number of aryl methyl sites for hydroxylation is 2. The lowest BCUT2D eigenvalue weighted by Crippen LogP contribution is -2.31. The number of carbonyl (C=O) groups excluding carboxylic acids is 1. The average Bonchev–Trinajstić information content (AvgIpc) is 2.71. The van der Waals surface area contributed by atoms with Crippen LogP contribution in [-0.4, -0.2) is 29.3 Å². The molecule has 2 heterocycles. The summed E-state index contributed by atoms with van der Waals surface area (Å²) in [5.41, 5.74) is 4.48. The molecule has 0 aliphatic carbocycles. The van der Waals surface area contributed by atoms with Crippen LogP contribution in [-0.2, 0) is 20.7 Å². The van der Waals surface area contributed by atoms with Crippen molar-refractivity contribution >= 4 is 21.9 Å². The first-order valence-electron chi connectivity index (χ1n) is 11.3. The Morgan fingerprint density at radius 1 is 1.21 bits per heavy atom. The molecule has 0 fully saturated rings. The van der Waals surface area contributed by atoms with E-state index in [0.717, 1.165) is 29.7 Å². The van der Waals surface area contributed by atoms with Gasteiger partial charge in [-0.1, -0.05) is 0 Å². The molecule has 0 bridgehead atoms. The van der Waals surface area contributed by atoms with E-state index in [1.54, 1.807) is 13.8 Å². The smallest absolute Gasteiger partial charge is 0.340 e. The Labute approximate surface area is 204 Å². The van der Waals surface area contributed by atoms with Gasteiger partial charge in [-0.15, -0.1) is 0 Å². The fourth-order valence-electron chi connectivity index (χ4n) is 4.22. The number of halogens is 2. The minimum Gasteiger partial charge on any atom is -0.490 e. The Bertz CT molecular complexity index is 1080. The second kappa shape index (κ2) is 9.71. The number of ether oxygens (including phenoxy) is 3. The first kappa shape index (κ1) is 25.6. The van der Waals surface area contributed by atoms with Crippen molar-refractivity contribution in [3.63, 3.8) is 0 Å². The zero-order valence-electron chi connectivity index (χ0n) is 20.7. The minimum atomic E-state index is -1.03. The van der Waals surface area contributed by atoms with Gasteiger partial charge in [-0.25, -0.2) is 9.18 Å². The van der Waals surface area contributed by atoms with Crippen molar-refractivity contribution in [3.8, 4) is 16.9 Å². The maximum absolute atomic E-state index is 15.2. The third-order valence-electron chi connectivity index (χ3n) is 5.54. The van der Waals surface area contributed by atoms with Gasteiger partial charge in [0.05, 0.1) is 24.0 Å². The van der Waals surface area contributed by atoms with Gasteiger partial charge in [0, 0.05) is 26.9 Å². The number of esters is 1. The van der Waals surface area contributed by atoms with Crippen LogP contribution in [0.4, 0.5) is 4.39 Å². The van der Waals surface area contributed by atoms with Gasteiger partial charge in [0.2, 0.25) is 0 Å². The highest BCUT2D eigenvalue weighted by atomic mass is 79.9. The third kappa shape index (κ3) is 5.40. The normalized spacial score (nSPS) is 14.6. The molecular formula is C26H33BrFNO4. The fraction of sp³-hybridized carbons (Fsp3) is 0.538. The maximum atomic E-state index is 15.2. The topological polar surface area (TPSA) is 57.7 Å². The summed E-state index contributed by atoms with van der Waals surface area (Å²) in [5, 5.41) is 0. The van der Waals surface area contributed by atoms with Gasteiger partial charge in [-0.05, 0) is 101 Å². The van der Waals surface area contributed by atoms with E-state index in [-0.39, 0.29) is 6.10 Å². The van der Waals surface area contributed by atoms with Crippen LogP contribution in [0.5, 0.6) is 5.75 Å². The van der Waals surface area contributed by atoms with E-state index in [4.69, 9.17) is 14.2 Å². The van der Waals surface area contributed by atoms with E-state index in [1.165, 1.54) is 6.07 Å². The zero-order valence-corrected chi connectivity index (χ0v) is 22.3. The van der Waals surface area contributed by atoms with Crippen molar-refractivity contribution in [2.45, 2.75) is 86.0 Å². The van der Waals surface area contributed by atoms with Crippen LogP contribution in [0.2, 0.25) is 0 Å². The van der Waals surface area contributed by atoms with Crippen molar-refractivity contribution in [2.24, 2.45) is 0 Å². The van der Waals surface area contributed by atoms with E-state index in [0.29, 0.717) is 39.2 Å². The molecule has 1 aromatic heterocycles. The highest BCUT2D eigenvalue weighted by Gasteiger charge is 2.35. The highest BCUT2D eigenvalue weighted by Crippen LogP contribution is 2.45. The largest absolute Gasteiger partial charge is 0.490 e. The second-order valence-electron chi connectivity index (χ2n) is 9.77. The van der Waals surface area contributed by atoms with E-state index in [2.05, 4.69) is 20.9 Å². The lowest BCUT2D eigenvalue weighted by molar-refractivity contribution is -0.171. The minimum absolute atomic E-state index is 0.311.